The molecule has 26 heavy (non-hydrogen) atoms. The lowest BCUT2D eigenvalue weighted by molar-refractivity contribution is -0.146. The molecule has 0 heterocycles. The summed E-state index contributed by atoms with van der Waals surface area (Å²) in [6, 6.07) is 7.25. The summed E-state index contributed by atoms with van der Waals surface area (Å²) in [7, 11) is 1.58. The van der Waals surface area contributed by atoms with Crippen LogP contribution in [-0.2, 0) is 23.9 Å². The van der Waals surface area contributed by atoms with Crippen molar-refractivity contribution in [2.75, 3.05) is 7.11 Å². The van der Waals surface area contributed by atoms with Gasteiger partial charge >= 0.3 is 11.9 Å². The number of methoxy groups -OCH3 is 1. The van der Waals surface area contributed by atoms with E-state index in [1.54, 1.807) is 37.5 Å². The minimum absolute atomic E-state index is 0.385. The van der Waals surface area contributed by atoms with Gasteiger partial charge in [0.2, 0.25) is 0 Å². The lowest BCUT2D eigenvalue weighted by atomic mass is 10.1. The second kappa shape index (κ2) is 11.6. The first kappa shape index (κ1) is 21.2. The van der Waals surface area contributed by atoms with E-state index >= 15 is 0 Å². The molecule has 0 N–H and O–H groups in total. The van der Waals surface area contributed by atoms with Crippen LogP contribution in [-0.4, -0.2) is 31.4 Å². The number of esters is 2. The lowest BCUT2D eigenvalue weighted by Crippen LogP contribution is -2.13. The number of carbonyl (C=O) groups excluding carboxylic acids is 3. The predicted molar refractivity (Wildman–Crippen MR) is 96.6 cm³/mol. The topological polar surface area (TPSA) is 78.9 Å². The highest BCUT2D eigenvalue weighted by atomic mass is 16.5. The maximum atomic E-state index is 11.4. The van der Waals surface area contributed by atoms with E-state index in [4.69, 9.17) is 14.2 Å². The standard InChI is InChI=1S/C20H24O6/c1-15(22)25-19(7-4-5-14-21)8-6-9-20(26-16(2)23)17-10-12-18(24-3)13-11-17/h4-6,8,10-14,19-20H,7,9H2,1-3H3/b5-4+,8-6+. The van der Waals surface area contributed by atoms with Gasteiger partial charge in [0.25, 0.3) is 0 Å². The van der Waals surface area contributed by atoms with Crippen molar-refractivity contribution in [2.24, 2.45) is 0 Å². The van der Waals surface area contributed by atoms with Gasteiger partial charge in [0.05, 0.1) is 7.11 Å². The van der Waals surface area contributed by atoms with Gasteiger partial charge < -0.3 is 14.2 Å². The zero-order chi connectivity index (χ0) is 19.4. The normalized spacial score (nSPS) is 13.3. The Balaban J connectivity index is 2.82. The van der Waals surface area contributed by atoms with Gasteiger partial charge in [-0.25, -0.2) is 0 Å². The van der Waals surface area contributed by atoms with Gasteiger partial charge in [0.1, 0.15) is 24.2 Å². The summed E-state index contributed by atoms with van der Waals surface area (Å²) in [5.41, 5.74) is 0.829. The Labute approximate surface area is 153 Å². The third-order valence-corrected chi connectivity index (χ3v) is 3.40. The van der Waals surface area contributed by atoms with E-state index in [-0.39, 0.29) is 5.97 Å². The minimum atomic E-state index is -0.488. The van der Waals surface area contributed by atoms with Crippen LogP contribution in [0.5, 0.6) is 5.75 Å². The second-order valence-corrected chi connectivity index (χ2v) is 5.48. The van der Waals surface area contributed by atoms with Crippen molar-refractivity contribution in [1.82, 2.24) is 0 Å². The van der Waals surface area contributed by atoms with Gasteiger partial charge in [0.15, 0.2) is 0 Å². The lowest BCUT2D eigenvalue weighted by Gasteiger charge is -2.17. The molecule has 0 aliphatic carbocycles. The molecule has 1 aromatic rings. The van der Waals surface area contributed by atoms with Crippen LogP contribution < -0.4 is 4.74 Å². The molecule has 2 atom stereocenters. The number of hydrogen-bond donors (Lipinski definition) is 0. The fourth-order valence-electron chi connectivity index (χ4n) is 2.27. The van der Waals surface area contributed by atoms with E-state index in [0.717, 1.165) is 5.56 Å². The zero-order valence-electron chi connectivity index (χ0n) is 15.2. The molecule has 0 saturated carbocycles. The average Bonchev–Trinajstić information content (AvgIpc) is 2.60. The van der Waals surface area contributed by atoms with Gasteiger partial charge in [-0.15, -0.1) is 0 Å². The zero-order valence-corrected chi connectivity index (χ0v) is 15.2. The van der Waals surface area contributed by atoms with Gasteiger partial charge in [-0.05, 0) is 29.8 Å². The summed E-state index contributed by atoms with van der Waals surface area (Å²) in [6.07, 6.45) is 7.00. The Hall–Kier alpha value is -2.89. The average molecular weight is 360 g/mol. The molecule has 0 aliphatic heterocycles. The summed E-state index contributed by atoms with van der Waals surface area (Å²) in [5.74, 6) is -0.0849. The molecule has 0 amide bonds. The van der Waals surface area contributed by atoms with Crippen LogP contribution in [0.3, 0.4) is 0 Å². The number of rotatable bonds is 10. The number of allylic oxidation sites excluding steroid dienone is 1. The molecule has 1 aromatic carbocycles. The Bertz CT molecular complexity index is 645. The first-order valence-corrected chi connectivity index (χ1v) is 8.21. The maximum Gasteiger partial charge on any atom is 0.303 e. The number of benzene rings is 1. The minimum Gasteiger partial charge on any atom is -0.497 e. The molecule has 0 aromatic heterocycles. The third kappa shape index (κ3) is 8.28. The molecule has 1 rings (SSSR count). The van der Waals surface area contributed by atoms with E-state index in [1.807, 2.05) is 12.1 Å². The molecular weight excluding hydrogens is 336 g/mol. The number of carbonyl (C=O) groups is 3. The molecule has 6 nitrogen and oxygen atoms in total. The molecule has 0 radical (unpaired) electrons. The fourth-order valence-corrected chi connectivity index (χ4v) is 2.27. The van der Waals surface area contributed by atoms with Crippen molar-refractivity contribution in [2.45, 2.75) is 38.9 Å². The molecule has 0 fully saturated rings. The van der Waals surface area contributed by atoms with Crippen molar-refractivity contribution in [1.29, 1.82) is 0 Å². The van der Waals surface area contributed by atoms with E-state index in [9.17, 15) is 14.4 Å². The van der Waals surface area contributed by atoms with E-state index < -0.39 is 18.2 Å². The molecule has 2 unspecified atom stereocenters. The highest BCUT2D eigenvalue weighted by Gasteiger charge is 2.14. The van der Waals surface area contributed by atoms with Crippen LogP contribution in [0.4, 0.5) is 0 Å². The summed E-state index contributed by atoms with van der Waals surface area (Å²) in [6.45, 7) is 2.68. The van der Waals surface area contributed by atoms with Crippen LogP contribution >= 0.6 is 0 Å². The third-order valence-electron chi connectivity index (χ3n) is 3.40. The largest absolute Gasteiger partial charge is 0.497 e. The highest BCUT2D eigenvalue weighted by molar-refractivity contribution is 5.67. The number of aldehydes is 1. The van der Waals surface area contributed by atoms with Crippen LogP contribution in [0.15, 0.2) is 48.6 Å². The van der Waals surface area contributed by atoms with Gasteiger partial charge in [-0.2, -0.15) is 0 Å². The molecule has 6 heteroatoms. The summed E-state index contributed by atoms with van der Waals surface area (Å²) >= 11 is 0. The van der Waals surface area contributed by atoms with E-state index in [1.165, 1.54) is 19.9 Å². The summed E-state index contributed by atoms with van der Waals surface area (Å²) < 4.78 is 15.7. The van der Waals surface area contributed by atoms with E-state index in [0.29, 0.717) is 24.9 Å². The maximum absolute atomic E-state index is 11.4. The Morgan fingerprint density at radius 2 is 1.65 bits per heavy atom. The molecular formula is C20H24O6. The smallest absolute Gasteiger partial charge is 0.303 e. The van der Waals surface area contributed by atoms with Crippen molar-refractivity contribution >= 4 is 18.2 Å². The van der Waals surface area contributed by atoms with Crippen LogP contribution in [0.1, 0.15) is 38.4 Å². The fraction of sp³-hybridized carbons (Fsp3) is 0.350. The van der Waals surface area contributed by atoms with Gasteiger partial charge in [0, 0.05) is 26.7 Å². The van der Waals surface area contributed by atoms with Crippen molar-refractivity contribution in [3.63, 3.8) is 0 Å². The monoisotopic (exact) mass is 360 g/mol. The Morgan fingerprint density at radius 3 is 2.19 bits per heavy atom. The molecule has 0 aliphatic rings. The molecule has 140 valence electrons. The summed E-state index contributed by atoms with van der Waals surface area (Å²) in [4.78, 5) is 32.9. The van der Waals surface area contributed by atoms with Gasteiger partial charge in [-0.1, -0.05) is 24.3 Å². The number of hydrogen-bond acceptors (Lipinski definition) is 6. The summed E-state index contributed by atoms with van der Waals surface area (Å²) in [5, 5.41) is 0. The molecule has 0 spiro atoms. The highest BCUT2D eigenvalue weighted by Crippen LogP contribution is 2.24. The van der Waals surface area contributed by atoms with Crippen LogP contribution in [0, 0.1) is 0 Å². The van der Waals surface area contributed by atoms with Gasteiger partial charge in [-0.3, -0.25) is 14.4 Å². The Kier molecular flexibility index (Phi) is 9.46. The predicted octanol–water partition coefficient (Wildman–Crippen LogP) is 3.32. The van der Waals surface area contributed by atoms with Crippen LogP contribution in [0.25, 0.3) is 0 Å². The quantitative estimate of drug-likeness (QED) is 0.276. The van der Waals surface area contributed by atoms with E-state index in [2.05, 4.69) is 0 Å². The first-order chi connectivity index (χ1) is 12.5. The Morgan fingerprint density at radius 1 is 1.00 bits per heavy atom. The van der Waals surface area contributed by atoms with Crippen molar-refractivity contribution in [3.05, 3.63) is 54.1 Å². The first-order valence-electron chi connectivity index (χ1n) is 8.21. The molecule has 0 bridgehead atoms. The SMILES string of the molecule is COc1ccc(C(C/C=C/C(C/C=C/C=O)OC(C)=O)OC(C)=O)cc1. The second-order valence-electron chi connectivity index (χ2n) is 5.48. The molecule has 0 saturated heterocycles. The van der Waals surface area contributed by atoms with Crippen LogP contribution in [0.2, 0.25) is 0 Å². The van der Waals surface area contributed by atoms with Crippen molar-refractivity contribution < 1.29 is 28.6 Å². The van der Waals surface area contributed by atoms with Crippen molar-refractivity contribution in [3.8, 4) is 5.75 Å². The number of ether oxygens (including phenoxy) is 3.